The average Bonchev–Trinajstić information content (AvgIpc) is 3.06. The molecule has 2 aliphatic rings. The number of urea groups is 1. The lowest BCUT2D eigenvalue weighted by Gasteiger charge is -2.28. The van der Waals surface area contributed by atoms with Crippen LogP contribution < -0.4 is 5.32 Å². The number of nitrogens with zero attached hydrogens (tertiary/aromatic N) is 3. The van der Waals surface area contributed by atoms with Gasteiger partial charge in [-0.1, -0.05) is 29.8 Å². The van der Waals surface area contributed by atoms with Gasteiger partial charge in [0.1, 0.15) is 5.82 Å². The number of carbonyl (C=O) groups excluding carboxylic acids is 1. The van der Waals surface area contributed by atoms with Crippen molar-refractivity contribution in [3.05, 3.63) is 53.0 Å². The van der Waals surface area contributed by atoms with Gasteiger partial charge in [-0.3, -0.25) is 10.00 Å². The number of piperidine rings is 1. The highest BCUT2D eigenvalue weighted by molar-refractivity contribution is 5.88. The Kier molecular flexibility index (Phi) is 4.73. The standard InChI is InChI=1S/C20H23FN4O/c21-18-7-2-1-5-16(18)13-15-8-11-24(12-9-15)20(26)22-19-14-17-6-3-4-10-25(17)23-19/h1-2,5,7,13-14H,3-4,6,8-12H2,(H,22,23,26). The lowest BCUT2D eigenvalue weighted by molar-refractivity contribution is 0.207. The minimum atomic E-state index is -0.205. The molecule has 0 unspecified atom stereocenters. The minimum absolute atomic E-state index is 0.106. The number of likely N-dealkylation sites (tertiary alicyclic amines) is 1. The van der Waals surface area contributed by atoms with Crippen molar-refractivity contribution in [1.82, 2.24) is 14.7 Å². The lowest BCUT2D eigenvalue weighted by atomic mass is 10.0. The summed E-state index contributed by atoms with van der Waals surface area (Å²) in [6, 6.07) is 8.65. The third-order valence-corrected chi connectivity index (χ3v) is 5.11. The molecule has 5 nitrogen and oxygen atoms in total. The van der Waals surface area contributed by atoms with Crippen molar-refractivity contribution in [2.45, 2.75) is 38.6 Å². The van der Waals surface area contributed by atoms with Crippen LogP contribution in [0.25, 0.3) is 6.08 Å². The second-order valence-electron chi connectivity index (χ2n) is 6.94. The van der Waals surface area contributed by atoms with Gasteiger partial charge in [-0.2, -0.15) is 5.10 Å². The van der Waals surface area contributed by atoms with E-state index in [0.29, 0.717) is 24.5 Å². The number of hydrogen-bond donors (Lipinski definition) is 1. The van der Waals surface area contributed by atoms with Gasteiger partial charge in [-0.05, 0) is 38.2 Å². The Bertz CT molecular complexity index is 809. The molecule has 0 bridgehead atoms. The van der Waals surface area contributed by atoms with Crippen molar-refractivity contribution < 1.29 is 9.18 Å². The fraction of sp³-hybridized carbons (Fsp3) is 0.400. The molecule has 1 aromatic heterocycles. The Morgan fingerprint density at radius 2 is 1.92 bits per heavy atom. The first-order valence-corrected chi connectivity index (χ1v) is 9.26. The van der Waals surface area contributed by atoms with Crippen LogP contribution in [0, 0.1) is 5.82 Å². The quantitative estimate of drug-likeness (QED) is 0.884. The Morgan fingerprint density at radius 1 is 1.12 bits per heavy atom. The van der Waals surface area contributed by atoms with Crippen LogP contribution in [0.1, 0.15) is 36.9 Å². The SMILES string of the molecule is O=C(Nc1cc2n(n1)CCCC2)N1CCC(=Cc2ccccc2F)CC1. The minimum Gasteiger partial charge on any atom is -0.324 e. The number of rotatable bonds is 2. The van der Waals surface area contributed by atoms with Crippen LogP contribution in [-0.2, 0) is 13.0 Å². The van der Waals surface area contributed by atoms with Crippen molar-refractivity contribution in [1.29, 1.82) is 0 Å². The average molecular weight is 354 g/mol. The molecule has 136 valence electrons. The topological polar surface area (TPSA) is 50.2 Å². The monoisotopic (exact) mass is 354 g/mol. The van der Waals surface area contributed by atoms with E-state index in [9.17, 15) is 9.18 Å². The van der Waals surface area contributed by atoms with Crippen molar-refractivity contribution in [2.75, 3.05) is 18.4 Å². The number of aromatic nitrogens is 2. The third-order valence-electron chi connectivity index (χ3n) is 5.11. The van der Waals surface area contributed by atoms with Crippen LogP contribution in [0.4, 0.5) is 15.0 Å². The molecular formula is C20H23FN4O. The van der Waals surface area contributed by atoms with Gasteiger partial charge in [-0.25, -0.2) is 9.18 Å². The molecule has 0 radical (unpaired) electrons. The number of aryl methyl sites for hydroxylation is 2. The molecule has 26 heavy (non-hydrogen) atoms. The highest BCUT2D eigenvalue weighted by Crippen LogP contribution is 2.22. The summed E-state index contributed by atoms with van der Waals surface area (Å²) in [5.41, 5.74) is 2.99. The third kappa shape index (κ3) is 3.64. The van der Waals surface area contributed by atoms with E-state index in [1.54, 1.807) is 17.0 Å². The van der Waals surface area contributed by atoms with Crippen LogP contribution in [0.5, 0.6) is 0 Å². The number of fused-ring (bicyclic) bond motifs is 1. The van der Waals surface area contributed by atoms with E-state index < -0.39 is 0 Å². The predicted octanol–water partition coefficient (Wildman–Crippen LogP) is 4.07. The van der Waals surface area contributed by atoms with E-state index in [-0.39, 0.29) is 11.8 Å². The molecular weight excluding hydrogens is 331 g/mol. The molecule has 1 aromatic carbocycles. The largest absolute Gasteiger partial charge is 0.324 e. The van der Waals surface area contributed by atoms with Crippen molar-refractivity contribution >= 4 is 17.9 Å². The highest BCUT2D eigenvalue weighted by atomic mass is 19.1. The second-order valence-corrected chi connectivity index (χ2v) is 6.94. The molecule has 0 spiro atoms. The number of benzene rings is 1. The maximum absolute atomic E-state index is 13.8. The molecule has 0 aliphatic carbocycles. The van der Waals surface area contributed by atoms with Gasteiger partial charge in [0.15, 0.2) is 5.82 Å². The number of amides is 2. The zero-order valence-corrected chi connectivity index (χ0v) is 14.7. The van der Waals surface area contributed by atoms with Crippen molar-refractivity contribution in [3.8, 4) is 0 Å². The number of anilines is 1. The molecule has 6 heteroatoms. The van der Waals surface area contributed by atoms with E-state index in [1.165, 1.54) is 23.8 Å². The van der Waals surface area contributed by atoms with E-state index in [1.807, 2.05) is 22.9 Å². The Balaban J connectivity index is 1.35. The normalized spacial score (nSPS) is 17.0. The molecule has 1 saturated heterocycles. The summed E-state index contributed by atoms with van der Waals surface area (Å²) in [6.07, 6.45) is 6.79. The smallest absolute Gasteiger partial charge is 0.323 e. The van der Waals surface area contributed by atoms with Crippen molar-refractivity contribution in [2.24, 2.45) is 0 Å². The molecule has 1 N–H and O–H groups in total. The van der Waals surface area contributed by atoms with Gasteiger partial charge in [0.2, 0.25) is 0 Å². The van der Waals surface area contributed by atoms with Gasteiger partial charge >= 0.3 is 6.03 Å². The molecule has 0 atom stereocenters. The Morgan fingerprint density at radius 3 is 2.69 bits per heavy atom. The Hall–Kier alpha value is -2.63. The van der Waals surface area contributed by atoms with Crippen LogP contribution >= 0.6 is 0 Å². The lowest BCUT2D eigenvalue weighted by Crippen LogP contribution is -2.39. The Labute approximate surface area is 152 Å². The van der Waals surface area contributed by atoms with Crippen LogP contribution in [0.2, 0.25) is 0 Å². The summed E-state index contributed by atoms with van der Waals surface area (Å²) in [5, 5.41) is 7.39. The number of nitrogens with one attached hydrogen (secondary N) is 1. The summed E-state index contributed by atoms with van der Waals surface area (Å²) in [6.45, 7) is 2.21. The van der Waals surface area contributed by atoms with E-state index >= 15 is 0 Å². The maximum Gasteiger partial charge on any atom is 0.323 e. The summed E-state index contributed by atoms with van der Waals surface area (Å²) in [7, 11) is 0. The van der Waals surface area contributed by atoms with Crippen molar-refractivity contribution in [3.63, 3.8) is 0 Å². The second kappa shape index (κ2) is 7.32. The molecule has 2 aliphatic heterocycles. The number of carbonyl (C=O) groups is 1. The van der Waals surface area contributed by atoms with Gasteiger partial charge < -0.3 is 4.90 Å². The van der Waals surface area contributed by atoms with Crippen LogP contribution in [0.15, 0.2) is 35.9 Å². The summed E-state index contributed by atoms with van der Waals surface area (Å²) < 4.78 is 15.8. The molecule has 3 heterocycles. The summed E-state index contributed by atoms with van der Waals surface area (Å²) in [4.78, 5) is 14.3. The first-order chi connectivity index (χ1) is 12.7. The van der Waals surface area contributed by atoms with E-state index in [4.69, 9.17) is 0 Å². The molecule has 1 fully saturated rings. The molecule has 4 rings (SSSR count). The highest BCUT2D eigenvalue weighted by Gasteiger charge is 2.21. The first-order valence-electron chi connectivity index (χ1n) is 9.26. The zero-order valence-electron chi connectivity index (χ0n) is 14.7. The number of halogens is 1. The van der Waals surface area contributed by atoms with Crippen LogP contribution in [0.3, 0.4) is 0 Å². The summed E-state index contributed by atoms with van der Waals surface area (Å²) in [5.74, 6) is 0.434. The van der Waals surface area contributed by atoms with Gasteiger partial charge in [-0.15, -0.1) is 0 Å². The maximum atomic E-state index is 13.8. The fourth-order valence-corrected chi connectivity index (χ4v) is 3.62. The predicted molar refractivity (Wildman–Crippen MR) is 99.4 cm³/mol. The first kappa shape index (κ1) is 16.8. The molecule has 2 aromatic rings. The van der Waals surface area contributed by atoms with Gasteiger partial charge in [0.05, 0.1) is 0 Å². The fourth-order valence-electron chi connectivity index (χ4n) is 3.62. The molecule has 2 amide bonds. The van der Waals surface area contributed by atoms with E-state index in [0.717, 1.165) is 32.2 Å². The molecule has 0 saturated carbocycles. The van der Waals surface area contributed by atoms with Gasteiger partial charge in [0.25, 0.3) is 0 Å². The summed E-state index contributed by atoms with van der Waals surface area (Å²) >= 11 is 0. The van der Waals surface area contributed by atoms with Gasteiger partial charge in [0, 0.05) is 37.0 Å². The van der Waals surface area contributed by atoms with E-state index in [2.05, 4.69) is 10.4 Å². The van der Waals surface area contributed by atoms with Crippen LogP contribution in [-0.4, -0.2) is 33.8 Å². The zero-order chi connectivity index (χ0) is 17.9. The number of hydrogen-bond acceptors (Lipinski definition) is 2.